The van der Waals surface area contributed by atoms with Gasteiger partial charge in [-0.3, -0.25) is 9.89 Å². The van der Waals surface area contributed by atoms with Gasteiger partial charge in [0.15, 0.2) is 0 Å². The Hall–Kier alpha value is -3.29. The van der Waals surface area contributed by atoms with Crippen LogP contribution in [0.15, 0.2) is 71.9 Å². The average molecular weight is 451 g/mol. The summed E-state index contributed by atoms with van der Waals surface area (Å²) in [6, 6.07) is 14.0. The van der Waals surface area contributed by atoms with Gasteiger partial charge in [-0.25, -0.2) is 0 Å². The molecule has 0 unspecified atom stereocenters. The Bertz CT molecular complexity index is 972. The Morgan fingerprint density at radius 2 is 2.09 bits per heavy atom. The maximum atomic E-state index is 5.95. The predicted octanol–water partition coefficient (Wildman–Crippen LogP) is 3.81. The van der Waals surface area contributed by atoms with E-state index in [0.29, 0.717) is 26.5 Å². The smallest absolute Gasteiger partial charge is 0.124 e. The zero-order valence-corrected chi connectivity index (χ0v) is 19.5. The molecule has 0 aromatic heterocycles. The van der Waals surface area contributed by atoms with Crippen LogP contribution in [0.25, 0.3) is 0 Å². The van der Waals surface area contributed by atoms with E-state index in [0.717, 1.165) is 53.5 Å². The average Bonchev–Trinajstić information content (AvgIpc) is 2.82. The van der Waals surface area contributed by atoms with Crippen LogP contribution in [0, 0.1) is 0 Å². The fraction of sp³-hybridized carbons (Fsp3) is 0.346. The Balaban J connectivity index is 1.87. The highest BCUT2D eigenvalue weighted by atomic mass is 16.5. The molecule has 3 N–H and O–H groups in total. The number of fused-ring (bicyclic) bond motifs is 4. The van der Waals surface area contributed by atoms with Crippen molar-refractivity contribution in [1.29, 1.82) is 0 Å². The van der Waals surface area contributed by atoms with Crippen molar-refractivity contribution in [2.24, 2.45) is 10.7 Å². The van der Waals surface area contributed by atoms with Crippen molar-refractivity contribution in [3.05, 3.63) is 78.0 Å². The van der Waals surface area contributed by atoms with Gasteiger partial charge in [-0.1, -0.05) is 24.3 Å². The van der Waals surface area contributed by atoms with Crippen LogP contribution >= 0.6 is 0 Å². The predicted molar refractivity (Wildman–Crippen MR) is 134 cm³/mol. The zero-order chi connectivity index (χ0) is 23.3. The number of methoxy groups -OCH3 is 1. The molecule has 0 radical (unpaired) electrons. The molecule has 0 atom stereocenters. The molecule has 33 heavy (non-hydrogen) atoms. The van der Waals surface area contributed by atoms with E-state index in [1.54, 1.807) is 13.2 Å². The molecule has 0 saturated carbocycles. The maximum absolute atomic E-state index is 5.95. The van der Waals surface area contributed by atoms with Gasteiger partial charge in [-0.05, 0) is 56.1 Å². The second-order valence-corrected chi connectivity index (χ2v) is 7.73. The second-order valence-electron chi connectivity index (χ2n) is 7.73. The number of aliphatic imine (C=N–C) groups is 1. The van der Waals surface area contributed by atoms with Gasteiger partial charge < -0.3 is 25.3 Å². The minimum absolute atomic E-state index is 0.409. The van der Waals surface area contributed by atoms with Crippen molar-refractivity contribution in [2.45, 2.75) is 13.0 Å². The van der Waals surface area contributed by atoms with Gasteiger partial charge in [-0.2, -0.15) is 0 Å². The SMILES string of the molecule is COCCOc1ccc2cc1CN(C)C/C=C/CCOc1cccc(c1)C(/C=C\N)=N/CN2. The lowest BCUT2D eigenvalue weighted by molar-refractivity contribution is 0.145. The summed E-state index contributed by atoms with van der Waals surface area (Å²) in [6.45, 7) is 3.68. The minimum Gasteiger partial charge on any atom is -0.493 e. The van der Waals surface area contributed by atoms with Crippen molar-refractivity contribution in [2.75, 3.05) is 52.5 Å². The van der Waals surface area contributed by atoms with Crippen molar-refractivity contribution >= 4 is 11.4 Å². The summed E-state index contributed by atoms with van der Waals surface area (Å²) in [5.41, 5.74) is 9.50. The molecule has 4 bridgehead atoms. The van der Waals surface area contributed by atoms with Crippen LogP contribution in [-0.2, 0) is 11.3 Å². The molecule has 0 aliphatic carbocycles. The quantitative estimate of drug-likeness (QED) is 0.533. The summed E-state index contributed by atoms with van der Waals surface area (Å²) < 4.78 is 17.0. The molecular weight excluding hydrogens is 416 g/mol. The van der Waals surface area contributed by atoms with E-state index in [4.69, 9.17) is 24.9 Å². The topological polar surface area (TPSA) is 81.3 Å². The van der Waals surface area contributed by atoms with E-state index < -0.39 is 0 Å². The van der Waals surface area contributed by atoms with Crippen LogP contribution in [0.2, 0.25) is 0 Å². The number of nitrogens with one attached hydrogen (secondary N) is 1. The number of hydrogen-bond acceptors (Lipinski definition) is 7. The lowest BCUT2D eigenvalue weighted by atomic mass is 10.1. The highest BCUT2D eigenvalue weighted by molar-refractivity contribution is 6.08. The molecular formula is C26H34N4O3. The van der Waals surface area contributed by atoms with E-state index >= 15 is 0 Å². The molecule has 0 spiro atoms. The van der Waals surface area contributed by atoms with Gasteiger partial charge >= 0.3 is 0 Å². The third-order valence-electron chi connectivity index (χ3n) is 5.10. The standard InChI is InChI=1S/C26H34N4O3/c1-30-13-4-3-5-14-32-24-8-6-7-21(18-24)25(11-12-27)29-20-28-23-9-10-26(22(17-23)19-30)33-16-15-31-2/h3-4,6-12,17-18,28H,5,13-16,19-20,27H2,1-2H3/b4-3+,12-11-,29-25+. The zero-order valence-electron chi connectivity index (χ0n) is 19.5. The molecule has 7 heteroatoms. The Labute approximate surface area is 196 Å². The second kappa shape index (κ2) is 13.3. The van der Waals surface area contributed by atoms with E-state index in [9.17, 15) is 0 Å². The first kappa shape index (κ1) is 24.4. The first-order valence-electron chi connectivity index (χ1n) is 11.2. The van der Waals surface area contributed by atoms with Gasteiger partial charge in [0.05, 0.1) is 18.9 Å². The van der Waals surface area contributed by atoms with Crippen LogP contribution < -0.4 is 20.5 Å². The van der Waals surface area contributed by atoms with Crippen LogP contribution in [0.5, 0.6) is 11.5 Å². The molecule has 2 aromatic rings. The molecule has 0 amide bonds. The Morgan fingerprint density at radius 3 is 2.94 bits per heavy atom. The van der Waals surface area contributed by atoms with Crippen molar-refractivity contribution < 1.29 is 14.2 Å². The number of benzene rings is 2. The number of likely N-dealkylation sites (N-methyl/N-ethyl adjacent to an activating group) is 1. The lowest BCUT2D eigenvalue weighted by Crippen LogP contribution is -2.19. The summed E-state index contributed by atoms with van der Waals surface area (Å²) in [5.74, 6) is 1.68. The summed E-state index contributed by atoms with van der Waals surface area (Å²) >= 11 is 0. The van der Waals surface area contributed by atoms with Crippen LogP contribution in [0.4, 0.5) is 5.69 Å². The summed E-state index contributed by atoms with van der Waals surface area (Å²) in [4.78, 5) is 6.96. The molecule has 2 aromatic carbocycles. The van der Waals surface area contributed by atoms with Gasteiger partial charge in [0.1, 0.15) is 24.8 Å². The number of nitrogens with zero attached hydrogens (tertiary/aromatic N) is 2. The van der Waals surface area contributed by atoms with Gasteiger partial charge in [0.2, 0.25) is 0 Å². The van der Waals surface area contributed by atoms with E-state index in [-0.39, 0.29) is 0 Å². The van der Waals surface area contributed by atoms with Crippen molar-refractivity contribution in [3.63, 3.8) is 0 Å². The Morgan fingerprint density at radius 1 is 1.18 bits per heavy atom. The third-order valence-corrected chi connectivity index (χ3v) is 5.10. The molecule has 7 nitrogen and oxygen atoms in total. The highest BCUT2D eigenvalue weighted by Crippen LogP contribution is 2.24. The highest BCUT2D eigenvalue weighted by Gasteiger charge is 2.09. The summed E-state index contributed by atoms with van der Waals surface area (Å²) in [7, 11) is 3.77. The van der Waals surface area contributed by atoms with E-state index in [2.05, 4.69) is 35.5 Å². The third kappa shape index (κ3) is 7.97. The number of allylic oxidation sites excluding steroid dienone is 1. The van der Waals surface area contributed by atoms with Crippen molar-refractivity contribution in [1.82, 2.24) is 4.90 Å². The van der Waals surface area contributed by atoms with E-state index in [1.807, 2.05) is 36.4 Å². The van der Waals surface area contributed by atoms with Gasteiger partial charge in [0, 0.05) is 37.0 Å². The molecule has 3 rings (SSSR count). The van der Waals surface area contributed by atoms with Crippen molar-refractivity contribution in [3.8, 4) is 11.5 Å². The summed E-state index contributed by atoms with van der Waals surface area (Å²) in [6.07, 6.45) is 8.47. The first-order chi connectivity index (χ1) is 16.2. The summed E-state index contributed by atoms with van der Waals surface area (Å²) in [5, 5.41) is 3.39. The van der Waals surface area contributed by atoms with Gasteiger partial charge in [0.25, 0.3) is 0 Å². The number of hydrogen-bond donors (Lipinski definition) is 2. The molecule has 1 aliphatic rings. The lowest BCUT2D eigenvalue weighted by Gasteiger charge is -2.19. The maximum Gasteiger partial charge on any atom is 0.124 e. The van der Waals surface area contributed by atoms with Crippen LogP contribution in [-0.4, -0.2) is 57.8 Å². The number of rotatable bonds is 5. The minimum atomic E-state index is 0.409. The first-order valence-corrected chi connectivity index (χ1v) is 11.2. The molecule has 1 aliphatic heterocycles. The van der Waals surface area contributed by atoms with Crippen LogP contribution in [0.1, 0.15) is 17.5 Å². The van der Waals surface area contributed by atoms with Crippen LogP contribution in [0.3, 0.4) is 0 Å². The fourth-order valence-electron chi connectivity index (χ4n) is 3.45. The van der Waals surface area contributed by atoms with E-state index in [1.165, 1.54) is 6.20 Å². The fourth-order valence-corrected chi connectivity index (χ4v) is 3.45. The Kier molecular flexibility index (Phi) is 9.82. The largest absolute Gasteiger partial charge is 0.493 e. The number of ether oxygens (including phenoxy) is 3. The number of nitrogens with two attached hydrogens (primary N) is 1. The normalized spacial score (nSPS) is 18.3. The molecule has 0 saturated heterocycles. The van der Waals surface area contributed by atoms with Gasteiger partial charge in [-0.15, -0.1) is 0 Å². The monoisotopic (exact) mass is 450 g/mol. The molecule has 176 valence electrons. The number of anilines is 1. The molecule has 1 heterocycles. The molecule has 0 fully saturated rings.